The molecule has 0 bridgehead atoms. The van der Waals surface area contributed by atoms with E-state index in [2.05, 4.69) is 41.1 Å². The number of nitrogens with zero attached hydrogens (tertiary/aromatic N) is 2. The molecule has 3 heteroatoms. The zero-order valence-corrected chi connectivity index (χ0v) is 11.1. The molecule has 1 aliphatic rings. The largest absolute Gasteiger partial charge is 0.489 e. The number of hydrogen-bond acceptors (Lipinski definition) is 3. The lowest BCUT2D eigenvalue weighted by Gasteiger charge is -2.21. The second-order valence-electron chi connectivity index (χ2n) is 5.03. The van der Waals surface area contributed by atoms with Crippen molar-refractivity contribution in [3.05, 3.63) is 59.9 Å². The summed E-state index contributed by atoms with van der Waals surface area (Å²) < 4.78 is 5.96. The summed E-state index contributed by atoms with van der Waals surface area (Å²) in [6.45, 7) is 4.82. The molecule has 0 fully saturated rings. The standard InChI is InChI=1S/C16H18N2O/c1-13-10-18(12-15-7-4-5-9-17-15)11-14-6-2-3-8-16(14)19-13/h2-9,13H,10-12H2,1H3. The van der Waals surface area contributed by atoms with Crippen molar-refractivity contribution >= 4 is 0 Å². The zero-order chi connectivity index (χ0) is 13.1. The highest BCUT2D eigenvalue weighted by atomic mass is 16.5. The molecule has 2 aromatic rings. The van der Waals surface area contributed by atoms with Crippen molar-refractivity contribution in [1.82, 2.24) is 9.88 Å². The molecule has 0 aliphatic carbocycles. The summed E-state index contributed by atoms with van der Waals surface area (Å²) in [6.07, 6.45) is 2.05. The van der Waals surface area contributed by atoms with Crippen molar-refractivity contribution in [2.24, 2.45) is 0 Å². The third-order valence-electron chi connectivity index (χ3n) is 3.32. The van der Waals surface area contributed by atoms with Crippen LogP contribution in [0.2, 0.25) is 0 Å². The molecule has 98 valence electrons. The van der Waals surface area contributed by atoms with Crippen LogP contribution in [0.15, 0.2) is 48.7 Å². The quantitative estimate of drug-likeness (QED) is 0.824. The minimum Gasteiger partial charge on any atom is -0.489 e. The summed E-state index contributed by atoms with van der Waals surface area (Å²) in [4.78, 5) is 6.79. The molecular formula is C16H18N2O. The van der Waals surface area contributed by atoms with Gasteiger partial charge >= 0.3 is 0 Å². The molecule has 0 saturated carbocycles. The van der Waals surface area contributed by atoms with Gasteiger partial charge in [0.05, 0.1) is 5.69 Å². The van der Waals surface area contributed by atoms with Gasteiger partial charge in [-0.3, -0.25) is 9.88 Å². The summed E-state index contributed by atoms with van der Waals surface area (Å²) >= 11 is 0. The summed E-state index contributed by atoms with van der Waals surface area (Å²) in [6, 6.07) is 14.3. The third kappa shape index (κ3) is 2.93. The normalized spacial score (nSPS) is 19.3. The van der Waals surface area contributed by atoms with E-state index < -0.39 is 0 Å². The van der Waals surface area contributed by atoms with Crippen LogP contribution in [-0.4, -0.2) is 22.5 Å². The number of pyridine rings is 1. The van der Waals surface area contributed by atoms with Crippen LogP contribution in [0.4, 0.5) is 0 Å². The van der Waals surface area contributed by atoms with Gasteiger partial charge in [-0.15, -0.1) is 0 Å². The minimum absolute atomic E-state index is 0.201. The molecule has 19 heavy (non-hydrogen) atoms. The van der Waals surface area contributed by atoms with Crippen LogP contribution < -0.4 is 4.74 Å². The molecule has 1 aromatic heterocycles. The van der Waals surface area contributed by atoms with Gasteiger partial charge in [-0.05, 0) is 25.1 Å². The van der Waals surface area contributed by atoms with E-state index in [1.165, 1.54) is 5.56 Å². The van der Waals surface area contributed by atoms with Crippen molar-refractivity contribution in [2.75, 3.05) is 6.54 Å². The topological polar surface area (TPSA) is 25.4 Å². The molecule has 1 unspecified atom stereocenters. The number of para-hydroxylation sites is 1. The van der Waals surface area contributed by atoms with Gasteiger partial charge in [0, 0.05) is 31.4 Å². The predicted octanol–water partition coefficient (Wildman–Crippen LogP) is 2.86. The molecule has 2 heterocycles. The summed E-state index contributed by atoms with van der Waals surface area (Å²) in [7, 11) is 0. The van der Waals surface area contributed by atoms with Gasteiger partial charge in [-0.2, -0.15) is 0 Å². The Kier molecular flexibility index (Phi) is 3.47. The van der Waals surface area contributed by atoms with E-state index in [4.69, 9.17) is 4.74 Å². The fourth-order valence-corrected chi connectivity index (χ4v) is 2.51. The number of benzene rings is 1. The van der Waals surface area contributed by atoms with Gasteiger partial charge in [0.1, 0.15) is 11.9 Å². The van der Waals surface area contributed by atoms with E-state index in [-0.39, 0.29) is 6.10 Å². The Hall–Kier alpha value is -1.87. The Morgan fingerprint density at radius 3 is 2.89 bits per heavy atom. The Morgan fingerprint density at radius 1 is 1.21 bits per heavy atom. The maximum absolute atomic E-state index is 5.96. The monoisotopic (exact) mass is 254 g/mol. The van der Waals surface area contributed by atoms with E-state index in [0.29, 0.717) is 0 Å². The van der Waals surface area contributed by atoms with Crippen LogP contribution >= 0.6 is 0 Å². The van der Waals surface area contributed by atoms with Crippen molar-refractivity contribution < 1.29 is 4.74 Å². The predicted molar refractivity (Wildman–Crippen MR) is 74.9 cm³/mol. The zero-order valence-electron chi connectivity index (χ0n) is 11.1. The Balaban J connectivity index is 1.80. The highest BCUT2D eigenvalue weighted by Gasteiger charge is 2.19. The Bertz CT molecular complexity index is 541. The van der Waals surface area contributed by atoms with Gasteiger partial charge < -0.3 is 4.74 Å². The number of fused-ring (bicyclic) bond motifs is 1. The molecular weight excluding hydrogens is 236 g/mol. The molecule has 1 aliphatic heterocycles. The number of rotatable bonds is 2. The molecule has 1 aromatic carbocycles. The van der Waals surface area contributed by atoms with E-state index in [1.807, 2.05) is 24.4 Å². The fraction of sp³-hybridized carbons (Fsp3) is 0.312. The van der Waals surface area contributed by atoms with Gasteiger partial charge in [0.2, 0.25) is 0 Å². The maximum atomic E-state index is 5.96. The van der Waals surface area contributed by atoms with Crippen molar-refractivity contribution in [1.29, 1.82) is 0 Å². The maximum Gasteiger partial charge on any atom is 0.124 e. The first-order chi connectivity index (χ1) is 9.31. The van der Waals surface area contributed by atoms with E-state index >= 15 is 0 Å². The first-order valence-electron chi connectivity index (χ1n) is 6.68. The molecule has 3 nitrogen and oxygen atoms in total. The van der Waals surface area contributed by atoms with Crippen LogP contribution in [-0.2, 0) is 13.1 Å². The molecule has 0 spiro atoms. The average molecular weight is 254 g/mol. The number of hydrogen-bond donors (Lipinski definition) is 0. The smallest absolute Gasteiger partial charge is 0.124 e. The first kappa shape index (κ1) is 12.2. The van der Waals surface area contributed by atoms with E-state index in [9.17, 15) is 0 Å². The number of aromatic nitrogens is 1. The lowest BCUT2D eigenvalue weighted by Crippen LogP contribution is -2.30. The van der Waals surface area contributed by atoms with Crippen LogP contribution in [0.25, 0.3) is 0 Å². The van der Waals surface area contributed by atoms with Crippen molar-refractivity contribution in [3.8, 4) is 5.75 Å². The third-order valence-corrected chi connectivity index (χ3v) is 3.32. The highest BCUT2D eigenvalue weighted by Crippen LogP contribution is 2.25. The SMILES string of the molecule is CC1CN(Cc2ccccn2)Cc2ccccc2O1. The van der Waals surface area contributed by atoms with Crippen LogP contribution in [0.5, 0.6) is 5.75 Å². The van der Waals surface area contributed by atoms with Crippen LogP contribution in [0.1, 0.15) is 18.2 Å². The average Bonchev–Trinajstić information content (AvgIpc) is 2.57. The Labute approximate surface area is 113 Å². The van der Waals surface area contributed by atoms with Crippen LogP contribution in [0, 0.1) is 0 Å². The highest BCUT2D eigenvalue weighted by molar-refractivity contribution is 5.34. The molecule has 1 atom stereocenters. The van der Waals surface area contributed by atoms with E-state index in [0.717, 1.165) is 31.1 Å². The summed E-state index contributed by atoms with van der Waals surface area (Å²) in [5.41, 5.74) is 2.36. The molecule has 0 radical (unpaired) electrons. The molecule has 0 N–H and O–H groups in total. The summed E-state index contributed by atoms with van der Waals surface area (Å²) in [5.74, 6) is 1.01. The lowest BCUT2D eigenvalue weighted by molar-refractivity contribution is 0.155. The second-order valence-corrected chi connectivity index (χ2v) is 5.03. The van der Waals surface area contributed by atoms with Gasteiger partial charge in [0.15, 0.2) is 0 Å². The lowest BCUT2D eigenvalue weighted by atomic mass is 10.2. The van der Waals surface area contributed by atoms with Gasteiger partial charge in [-0.25, -0.2) is 0 Å². The van der Waals surface area contributed by atoms with Gasteiger partial charge in [-0.1, -0.05) is 24.3 Å². The number of ether oxygens (including phenoxy) is 1. The Morgan fingerprint density at radius 2 is 2.05 bits per heavy atom. The summed E-state index contributed by atoms with van der Waals surface area (Å²) in [5, 5.41) is 0. The minimum atomic E-state index is 0.201. The van der Waals surface area contributed by atoms with Crippen LogP contribution in [0.3, 0.4) is 0 Å². The van der Waals surface area contributed by atoms with E-state index in [1.54, 1.807) is 0 Å². The second kappa shape index (κ2) is 5.41. The first-order valence-corrected chi connectivity index (χ1v) is 6.68. The molecule has 0 saturated heterocycles. The van der Waals surface area contributed by atoms with Crippen molar-refractivity contribution in [2.45, 2.75) is 26.1 Å². The molecule has 3 rings (SSSR count). The van der Waals surface area contributed by atoms with Gasteiger partial charge in [0.25, 0.3) is 0 Å². The fourth-order valence-electron chi connectivity index (χ4n) is 2.51. The molecule has 0 amide bonds. The van der Waals surface area contributed by atoms with Crippen molar-refractivity contribution in [3.63, 3.8) is 0 Å².